The zero-order valence-corrected chi connectivity index (χ0v) is 12.6. The fourth-order valence-corrected chi connectivity index (χ4v) is 2.67. The fourth-order valence-electron chi connectivity index (χ4n) is 1.70. The van der Waals surface area contributed by atoms with Crippen molar-refractivity contribution in [2.24, 2.45) is 0 Å². The van der Waals surface area contributed by atoms with E-state index in [1.807, 2.05) is 0 Å². The molecule has 1 fully saturated rings. The number of carbonyl (C=O) groups is 1. The minimum Gasteiger partial charge on any atom is -0.376 e. The number of halogens is 6. The van der Waals surface area contributed by atoms with Crippen LogP contribution in [0.15, 0.2) is 0 Å². The van der Waals surface area contributed by atoms with Crippen LogP contribution in [0.1, 0.15) is 0 Å². The molecular formula is C9H12F5IN2O3. The standard InChI is InChI=1S/C9H12F5IN2O3/c1-19-3-8(11,12)16-5(10)6(15)17(7(16)18)9(13,14)4-20-2/h5-6H,3-4H2,1-2H3. The SMILES string of the molecule is COCC(F)(F)N1C(=O)N(C(F)(F)COC)C(I)C1F. The highest BCUT2D eigenvalue weighted by molar-refractivity contribution is 14.1. The number of methoxy groups -OCH3 is 2. The number of hydrogen-bond acceptors (Lipinski definition) is 3. The molecule has 2 amide bonds. The van der Waals surface area contributed by atoms with Gasteiger partial charge < -0.3 is 9.47 Å². The van der Waals surface area contributed by atoms with Crippen molar-refractivity contribution in [1.82, 2.24) is 9.80 Å². The lowest BCUT2D eigenvalue weighted by Crippen LogP contribution is -2.52. The zero-order valence-electron chi connectivity index (χ0n) is 10.5. The predicted molar refractivity (Wildman–Crippen MR) is 65.4 cm³/mol. The van der Waals surface area contributed by atoms with Crippen LogP contribution in [0, 0.1) is 0 Å². The molecule has 1 aliphatic rings. The van der Waals surface area contributed by atoms with E-state index in [0.29, 0.717) is 0 Å². The van der Waals surface area contributed by atoms with E-state index in [1.165, 1.54) is 0 Å². The average Bonchev–Trinajstić information content (AvgIpc) is 2.50. The number of hydrogen-bond donors (Lipinski definition) is 0. The molecule has 0 N–H and O–H groups in total. The van der Waals surface area contributed by atoms with Crippen LogP contribution in [0.5, 0.6) is 0 Å². The lowest BCUT2D eigenvalue weighted by molar-refractivity contribution is -0.179. The Morgan fingerprint density at radius 1 is 1.10 bits per heavy atom. The number of rotatable bonds is 6. The maximum atomic E-state index is 13.8. The molecule has 2 atom stereocenters. The van der Waals surface area contributed by atoms with E-state index in [-0.39, 0.29) is 4.90 Å². The molecule has 0 aromatic rings. The number of alkyl halides is 6. The molecule has 0 aliphatic carbocycles. The summed E-state index contributed by atoms with van der Waals surface area (Å²) in [5, 5.41) is 0. The molecule has 0 spiro atoms. The molecule has 0 aromatic carbocycles. The zero-order chi connectivity index (χ0) is 15.7. The molecule has 2 unspecified atom stereocenters. The van der Waals surface area contributed by atoms with Crippen LogP contribution in [0.3, 0.4) is 0 Å². The van der Waals surface area contributed by atoms with E-state index in [0.717, 1.165) is 36.8 Å². The van der Waals surface area contributed by atoms with E-state index in [1.54, 1.807) is 0 Å². The second-order valence-corrected chi connectivity index (χ2v) is 5.24. The third-order valence-electron chi connectivity index (χ3n) is 2.47. The van der Waals surface area contributed by atoms with Gasteiger partial charge in [0.1, 0.15) is 17.3 Å². The lowest BCUT2D eigenvalue weighted by Gasteiger charge is -2.29. The first-order valence-electron chi connectivity index (χ1n) is 5.24. The topological polar surface area (TPSA) is 42.0 Å². The van der Waals surface area contributed by atoms with Crippen molar-refractivity contribution in [3.63, 3.8) is 0 Å². The van der Waals surface area contributed by atoms with Crippen molar-refractivity contribution in [3.05, 3.63) is 0 Å². The Labute approximate surface area is 125 Å². The molecule has 0 aromatic heterocycles. The molecule has 5 nitrogen and oxygen atoms in total. The van der Waals surface area contributed by atoms with Gasteiger partial charge in [0.15, 0.2) is 0 Å². The highest BCUT2D eigenvalue weighted by Crippen LogP contribution is 2.41. The Hall–Kier alpha value is -0.430. The molecule has 1 rings (SSSR count). The van der Waals surface area contributed by atoms with Gasteiger partial charge in [-0.25, -0.2) is 19.0 Å². The summed E-state index contributed by atoms with van der Waals surface area (Å²) in [7, 11) is 1.86. The maximum absolute atomic E-state index is 13.8. The van der Waals surface area contributed by atoms with Crippen molar-refractivity contribution < 1.29 is 36.2 Å². The van der Waals surface area contributed by atoms with Gasteiger partial charge >= 0.3 is 18.1 Å². The highest BCUT2D eigenvalue weighted by atomic mass is 127. The molecule has 1 saturated heterocycles. The minimum atomic E-state index is -4.04. The van der Waals surface area contributed by atoms with Crippen molar-refractivity contribution in [2.75, 3.05) is 27.4 Å². The summed E-state index contributed by atoms with van der Waals surface area (Å²) in [5.74, 6) is 0. The van der Waals surface area contributed by atoms with Gasteiger partial charge in [0.2, 0.25) is 6.30 Å². The predicted octanol–water partition coefficient (Wildman–Crippen LogP) is 2.26. The van der Waals surface area contributed by atoms with Gasteiger partial charge in [-0.3, -0.25) is 0 Å². The first-order chi connectivity index (χ1) is 9.10. The maximum Gasteiger partial charge on any atom is 0.354 e. The molecule has 118 valence electrons. The molecule has 20 heavy (non-hydrogen) atoms. The summed E-state index contributed by atoms with van der Waals surface area (Å²) in [5.41, 5.74) is 0. The van der Waals surface area contributed by atoms with Gasteiger partial charge in [0, 0.05) is 14.2 Å². The van der Waals surface area contributed by atoms with Gasteiger partial charge in [-0.1, -0.05) is 22.6 Å². The van der Waals surface area contributed by atoms with E-state index < -0.39 is 46.6 Å². The summed E-state index contributed by atoms with van der Waals surface area (Å²) in [6.07, 6.45) is -2.60. The van der Waals surface area contributed by atoms with E-state index in [4.69, 9.17) is 0 Å². The van der Waals surface area contributed by atoms with Gasteiger partial charge in [0.25, 0.3) is 0 Å². The van der Waals surface area contributed by atoms with Gasteiger partial charge in [-0.2, -0.15) is 17.6 Å². The Balaban J connectivity index is 3.08. The second kappa shape index (κ2) is 6.13. The Morgan fingerprint density at radius 2 is 1.50 bits per heavy atom. The Bertz CT molecular complexity index is 341. The quantitative estimate of drug-likeness (QED) is 0.288. The number of carbonyl (C=O) groups excluding carboxylic acids is 1. The van der Waals surface area contributed by atoms with Crippen LogP contribution >= 0.6 is 22.6 Å². The normalized spacial score (nSPS) is 24.7. The van der Waals surface area contributed by atoms with Crippen LogP contribution in [0.25, 0.3) is 0 Å². The summed E-state index contributed by atoms with van der Waals surface area (Å²) >= 11 is 1.16. The monoisotopic (exact) mass is 418 g/mol. The molecule has 0 saturated carbocycles. The molecule has 0 radical (unpaired) electrons. The van der Waals surface area contributed by atoms with Crippen molar-refractivity contribution in [3.8, 4) is 0 Å². The second-order valence-electron chi connectivity index (χ2n) is 3.97. The van der Waals surface area contributed by atoms with E-state index in [9.17, 15) is 26.7 Å². The third-order valence-corrected chi connectivity index (χ3v) is 3.62. The Morgan fingerprint density at radius 3 is 1.90 bits per heavy atom. The number of ether oxygens (including phenoxy) is 2. The summed E-state index contributed by atoms with van der Waals surface area (Å²) in [6, 6.07) is -9.76. The van der Waals surface area contributed by atoms with E-state index >= 15 is 0 Å². The average molecular weight is 418 g/mol. The summed E-state index contributed by atoms with van der Waals surface area (Å²) in [4.78, 5) is 10.9. The van der Waals surface area contributed by atoms with Crippen molar-refractivity contribution in [1.29, 1.82) is 0 Å². The first-order valence-corrected chi connectivity index (χ1v) is 6.49. The molecule has 1 aliphatic heterocycles. The molecule has 1 heterocycles. The smallest absolute Gasteiger partial charge is 0.354 e. The van der Waals surface area contributed by atoms with Gasteiger partial charge in [-0.05, 0) is 0 Å². The first kappa shape index (κ1) is 17.6. The van der Waals surface area contributed by atoms with Crippen LogP contribution in [0.2, 0.25) is 0 Å². The van der Waals surface area contributed by atoms with Gasteiger partial charge in [-0.15, -0.1) is 0 Å². The lowest BCUT2D eigenvalue weighted by atomic mass is 10.4. The van der Waals surface area contributed by atoms with Crippen LogP contribution in [0.4, 0.5) is 26.7 Å². The van der Waals surface area contributed by atoms with Crippen molar-refractivity contribution in [2.45, 2.75) is 22.4 Å². The van der Waals surface area contributed by atoms with Crippen LogP contribution < -0.4 is 0 Å². The van der Waals surface area contributed by atoms with Crippen LogP contribution in [-0.4, -0.2) is 65.7 Å². The van der Waals surface area contributed by atoms with Crippen LogP contribution in [-0.2, 0) is 9.47 Å². The number of nitrogens with zero attached hydrogens (tertiary/aromatic N) is 2. The number of amides is 2. The molecule has 0 bridgehead atoms. The third kappa shape index (κ3) is 3.08. The van der Waals surface area contributed by atoms with E-state index in [2.05, 4.69) is 9.47 Å². The number of urea groups is 1. The fraction of sp³-hybridized carbons (Fsp3) is 0.889. The molecular weight excluding hydrogens is 406 g/mol. The van der Waals surface area contributed by atoms with Crippen molar-refractivity contribution >= 4 is 28.6 Å². The highest BCUT2D eigenvalue weighted by Gasteiger charge is 2.62. The largest absolute Gasteiger partial charge is 0.376 e. The Kier molecular flexibility index (Phi) is 5.40. The summed E-state index contributed by atoms with van der Waals surface area (Å²) in [6.45, 7) is -2.53. The summed E-state index contributed by atoms with van der Waals surface area (Å²) < 4.78 is 74.9. The van der Waals surface area contributed by atoms with Gasteiger partial charge in [0.05, 0.1) is 0 Å². The minimum absolute atomic E-state index is 0.259. The molecule has 11 heteroatoms.